The molecule has 0 saturated heterocycles. The van der Waals surface area contributed by atoms with Gasteiger partial charge in [0.05, 0.1) is 11.8 Å². The van der Waals surface area contributed by atoms with Gasteiger partial charge >= 0.3 is 0 Å². The van der Waals surface area contributed by atoms with Gasteiger partial charge in [-0.25, -0.2) is 9.97 Å². The van der Waals surface area contributed by atoms with E-state index in [4.69, 9.17) is 0 Å². The summed E-state index contributed by atoms with van der Waals surface area (Å²) < 4.78 is 2.26. The fourth-order valence-electron chi connectivity index (χ4n) is 1.82. The summed E-state index contributed by atoms with van der Waals surface area (Å²) in [5.41, 5.74) is 2.04. The third-order valence-corrected chi connectivity index (χ3v) is 2.82. The fourth-order valence-corrected chi connectivity index (χ4v) is 1.82. The van der Waals surface area contributed by atoms with Gasteiger partial charge in [0.2, 0.25) is 0 Å². The molecular weight excluding hydrogens is 162 g/mol. The SMILES string of the molecule is c1cnc2ncn(C3CCC3)c2c1. The zero-order valence-corrected chi connectivity index (χ0v) is 7.35. The molecule has 0 aliphatic heterocycles. The van der Waals surface area contributed by atoms with Gasteiger partial charge in [0.1, 0.15) is 0 Å². The Hall–Kier alpha value is -1.38. The molecular formula is C10H11N3. The summed E-state index contributed by atoms with van der Waals surface area (Å²) in [6.45, 7) is 0. The molecule has 0 spiro atoms. The lowest BCUT2D eigenvalue weighted by molar-refractivity contribution is 0.320. The lowest BCUT2D eigenvalue weighted by atomic mass is 9.93. The van der Waals surface area contributed by atoms with Gasteiger partial charge < -0.3 is 4.57 Å². The van der Waals surface area contributed by atoms with Crippen molar-refractivity contribution < 1.29 is 0 Å². The molecule has 0 bridgehead atoms. The molecule has 0 unspecified atom stereocenters. The first-order valence-corrected chi connectivity index (χ1v) is 4.73. The molecule has 0 N–H and O–H groups in total. The van der Waals surface area contributed by atoms with Crippen LogP contribution >= 0.6 is 0 Å². The van der Waals surface area contributed by atoms with E-state index >= 15 is 0 Å². The quantitative estimate of drug-likeness (QED) is 0.661. The average Bonchev–Trinajstić information content (AvgIpc) is 2.47. The summed E-state index contributed by atoms with van der Waals surface area (Å²) in [5.74, 6) is 0. The first-order valence-electron chi connectivity index (χ1n) is 4.73. The number of fused-ring (bicyclic) bond motifs is 1. The summed E-state index contributed by atoms with van der Waals surface area (Å²) in [7, 11) is 0. The molecule has 1 saturated carbocycles. The van der Waals surface area contributed by atoms with Gasteiger partial charge in [-0.15, -0.1) is 0 Å². The molecule has 1 aliphatic carbocycles. The van der Waals surface area contributed by atoms with Crippen LogP contribution in [0.1, 0.15) is 25.3 Å². The van der Waals surface area contributed by atoms with E-state index < -0.39 is 0 Å². The van der Waals surface area contributed by atoms with Crippen LogP contribution in [0.5, 0.6) is 0 Å². The molecule has 0 amide bonds. The van der Waals surface area contributed by atoms with Crippen molar-refractivity contribution in [2.75, 3.05) is 0 Å². The number of aromatic nitrogens is 3. The number of hydrogen-bond acceptors (Lipinski definition) is 2. The second kappa shape index (κ2) is 2.55. The van der Waals surface area contributed by atoms with Crippen molar-refractivity contribution in [1.82, 2.24) is 14.5 Å². The Morgan fingerprint density at radius 2 is 2.23 bits per heavy atom. The van der Waals surface area contributed by atoms with E-state index in [1.807, 2.05) is 12.4 Å². The van der Waals surface area contributed by atoms with Gasteiger partial charge in [-0.2, -0.15) is 0 Å². The molecule has 3 heteroatoms. The maximum atomic E-state index is 4.27. The molecule has 1 fully saturated rings. The predicted molar refractivity (Wildman–Crippen MR) is 50.4 cm³/mol. The highest BCUT2D eigenvalue weighted by Crippen LogP contribution is 2.33. The summed E-state index contributed by atoms with van der Waals surface area (Å²) in [6, 6.07) is 4.74. The van der Waals surface area contributed by atoms with Crippen molar-refractivity contribution in [3.63, 3.8) is 0 Å². The largest absolute Gasteiger partial charge is 0.326 e. The Labute approximate surface area is 76.4 Å². The van der Waals surface area contributed by atoms with E-state index in [1.165, 1.54) is 24.8 Å². The maximum Gasteiger partial charge on any atom is 0.177 e. The van der Waals surface area contributed by atoms with E-state index in [0.29, 0.717) is 6.04 Å². The molecule has 0 atom stereocenters. The Balaban J connectivity index is 2.17. The van der Waals surface area contributed by atoms with Gasteiger partial charge in [-0.1, -0.05) is 0 Å². The van der Waals surface area contributed by atoms with E-state index in [2.05, 4.69) is 20.6 Å². The lowest BCUT2D eigenvalue weighted by Crippen LogP contribution is -2.15. The third kappa shape index (κ3) is 0.963. The molecule has 0 radical (unpaired) electrons. The molecule has 66 valence electrons. The third-order valence-electron chi connectivity index (χ3n) is 2.82. The highest BCUT2D eigenvalue weighted by molar-refractivity contribution is 5.70. The molecule has 0 aromatic carbocycles. The highest BCUT2D eigenvalue weighted by atomic mass is 15.1. The molecule has 2 aromatic rings. The van der Waals surface area contributed by atoms with Crippen molar-refractivity contribution in [1.29, 1.82) is 0 Å². The van der Waals surface area contributed by atoms with Crippen LogP contribution in [-0.2, 0) is 0 Å². The van der Waals surface area contributed by atoms with Gasteiger partial charge in [-0.3, -0.25) is 0 Å². The van der Waals surface area contributed by atoms with Crippen molar-refractivity contribution in [3.05, 3.63) is 24.7 Å². The van der Waals surface area contributed by atoms with Gasteiger partial charge in [0.25, 0.3) is 0 Å². The molecule has 1 aliphatic rings. The van der Waals surface area contributed by atoms with E-state index in [-0.39, 0.29) is 0 Å². The summed E-state index contributed by atoms with van der Waals surface area (Å²) in [4.78, 5) is 8.48. The average molecular weight is 173 g/mol. The number of hydrogen-bond donors (Lipinski definition) is 0. The van der Waals surface area contributed by atoms with Gasteiger partial charge in [-0.05, 0) is 31.4 Å². The Morgan fingerprint density at radius 1 is 1.31 bits per heavy atom. The highest BCUT2D eigenvalue weighted by Gasteiger charge is 2.20. The number of rotatable bonds is 1. The van der Waals surface area contributed by atoms with Crippen LogP contribution in [0.15, 0.2) is 24.7 Å². The van der Waals surface area contributed by atoms with E-state index in [9.17, 15) is 0 Å². The molecule has 3 nitrogen and oxygen atoms in total. The number of nitrogens with zero attached hydrogens (tertiary/aromatic N) is 3. The number of imidazole rings is 1. The van der Waals surface area contributed by atoms with Crippen molar-refractivity contribution in [3.8, 4) is 0 Å². The van der Waals surface area contributed by atoms with Crippen LogP contribution in [0.25, 0.3) is 11.2 Å². The number of pyridine rings is 1. The van der Waals surface area contributed by atoms with Crippen LogP contribution in [0, 0.1) is 0 Å². The van der Waals surface area contributed by atoms with E-state index in [0.717, 1.165) is 5.65 Å². The fraction of sp³-hybridized carbons (Fsp3) is 0.400. The predicted octanol–water partition coefficient (Wildman–Crippen LogP) is 2.16. The minimum atomic E-state index is 0.675. The first kappa shape index (κ1) is 7.06. The zero-order valence-electron chi connectivity index (χ0n) is 7.35. The van der Waals surface area contributed by atoms with Crippen LogP contribution in [0.4, 0.5) is 0 Å². The van der Waals surface area contributed by atoms with Gasteiger partial charge in [0, 0.05) is 12.2 Å². The van der Waals surface area contributed by atoms with E-state index in [1.54, 1.807) is 6.20 Å². The summed E-state index contributed by atoms with van der Waals surface area (Å²) >= 11 is 0. The van der Waals surface area contributed by atoms with Crippen molar-refractivity contribution in [2.24, 2.45) is 0 Å². The first-order chi connectivity index (χ1) is 6.45. The van der Waals surface area contributed by atoms with Crippen molar-refractivity contribution in [2.45, 2.75) is 25.3 Å². The molecule has 3 rings (SSSR count). The smallest absolute Gasteiger partial charge is 0.177 e. The van der Waals surface area contributed by atoms with Gasteiger partial charge in [0.15, 0.2) is 5.65 Å². The van der Waals surface area contributed by atoms with Crippen LogP contribution < -0.4 is 0 Å². The summed E-state index contributed by atoms with van der Waals surface area (Å²) in [6.07, 6.45) is 7.65. The standard InChI is InChI=1S/C10H11N3/c1-3-8(4-1)13-7-12-10-9(13)5-2-6-11-10/h2,5-8H,1,3-4H2. The maximum absolute atomic E-state index is 4.27. The minimum Gasteiger partial charge on any atom is -0.326 e. The van der Waals surface area contributed by atoms with Crippen LogP contribution in [0.3, 0.4) is 0 Å². The monoisotopic (exact) mass is 173 g/mol. The zero-order chi connectivity index (χ0) is 8.67. The molecule has 2 heterocycles. The second-order valence-corrected chi connectivity index (χ2v) is 3.58. The normalized spacial score (nSPS) is 17.5. The lowest BCUT2D eigenvalue weighted by Gasteiger charge is -2.27. The van der Waals surface area contributed by atoms with Crippen molar-refractivity contribution >= 4 is 11.2 Å². The molecule has 2 aromatic heterocycles. The Bertz CT molecular complexity index is 428. The Morgan fingerprint density at radius 3 is 3.00 bits per heavy atom. The molecule has 13 heavy (non-hydrogen) atoms. The Kier molecular flexibility index (Phi) is 1.39. The second-order valence-electron chi connectivity index (χ2n) is 3.58. The topological polar surface area (TPSA) is 30.7 Å². The van der Waals surface area contributed by atoms with Crippen LogP contribution in [-0.4, -0.2) is 14.5 Å². The van der Waals surface area contributed by atoms with Crippen LogP contribution in [0.2, 0.25) is 0 Å². The minimum absolute atomic E-state index is 0.675. The summed E-state index contributed by atoms with van der Waals surface area (Å²) in [5, 5.41) is 0.